The van der Waals surface area contributed by atoms with Crippen LogP contribution in [0.3, 0.4) is 0 Å². The van der Waals surface area contributed by atoms with Crippen molar-refractivity contribution in [2.75, 3.05) is 0 Å². The molecular weight excluding hydrogens is 2800 g/mol. The van der Waals surface area contributed by atoms with E-state index in [-0.39, 0.29) is 9.43 Å². The van der Waals surface area contributed by atoms with Gasteiger partial charge < -0.3 is 0 Å². The van der Waals surface area contributed by atoms with E-state index in [4.69, 9.17) is 0 Å². The fourth-order valence-electron chi connectivity index (χ4n) is 1.54. The fraction of sp³-hybridized carbons (Fsp3) is 1.00. The van der Waals surface area contributed by atoms with Gasteiger partial charge in [0, 0.05) is 0 Å². The summed E-state index contributed by atoms with van der Waals surface area (Å²) in [5, 5.41) is 13.3. The van der Waals surface area contributed by atoms with E-state index in [1.54, 1.807) is 0 Å². The second kappa shape index (κ2) is 16.8. The first-order valence-electron chi connectivity index (χ1n) is 6.42. The second-order valence-corrected chi connectivity index (χ2v) is 64.2. The van der Waals surface area contributed by atoms with E-state index < -0.39 is 3.04 Å². The molecule has 22 heteroatoms. The van der Waals surface area contributed by atoms with Gasteiger partial charge in [0.15, 0.2) is 0 Å². The summed E-state index contributed by atoms with van der Waals surface area (Å²) in [5.41, 5.74) is 0. The largest absolute Gasteiger partial charge is 0.229 e. The van der Waals surface area contributed by atoms with Crippen molar-refractivity contribution in [1.29, 1.82) is 0 Å². The third-order valence-electron chi connectivity index (χ3n) is 3.48. The van der Waals surface area contributed by atoms with E-state index in [1.807, 2.05) is 0 Å². The van der Waals surface area contributed by atoms with Crippen molar-refractivity contribution in [1.82, 2.24) is 0 Å². The molecule has 0 aliphatic carbocycles. The first-order valence-corrected chi connectivity index (χ1v) is 29.1. The molecule has 0 rings (SSSR count). The van der Waals surface area contributed by atoms with Gasteiger partial charge in [-0.05, 0) is 45.2 Å². The smallest absolute Gasteiger partial charge is 0.204 e. The molecule has 0 aromatic carbocycles. The molecule has 0 aliphatic rings. The van der Waals surface area contributed by atoms with Gasteiger partial charge in [-0.15, -0.1) is 0 Å². The molecule has 193 valence electrons. The first kappa shape index (κ1) is 47.3. The maximum absolute atomic E-state index is 13.3. The Morgan fingerprint density at radius 2 is 0.406 bits per heavy atom. The highest BCUT2D eigenvalue weighted by Gasteiger charge is 2.79. The average Bonchev–Trinajstić information content (AvgIpc) is 2.51. The Labute approximate surface area is 475 Å². The maximum Gasteiger partial charge on any atom is 0.229 e. The average molecular weight is 2800 g/mol. The molecule has 0 saturated heterocycles. The van der Waals surface area contributed by atoms with Gasteiger partial charge in [-0.3, -0.25) is 0 Å². The lowest BCUT2D eigenvalue weighted by atomic mass is 10.1. The minimum atomic E-state index is -1.17. The minimum absolute atomic E-state index is 0.0140. The summed E-state index contributed by atoms with van der Waals surface area (Å²) in [5.74, 6) is 0. The Morgan fingerprint density at radius 1 is 0.250 bits per heavy atom. The number of rotatable bonds is 9. The topological polar surface area (TPSA) is 19.9 Å². The summed E-state index contributed by atoms with van der Waals surface area (Å²) in [4.78, 5) is 0. The lowest BCUT2D eigenvalue weighted by Gasteiger charge is -2.59. The van der Waals surface area contributed by atoms with Crippen molar-refractivity contribution in [3.8, 4) is 0 Å². The molecule has 0 aromatic rings. The van der Waals surface area contributed by atoms with Gasteiger partial charge in [-0.1, -0.05) is 429 Å². The molecule has 0 atom stereocenters. The lowest BCUT2D eigenvalue weighted by molar-refractivity contribution is 0.161. The van der Waals surface area contributed by atoms with Crippen molar-refractivity contribution in [2.24, 2.45) is 0 Å². The zero-order valence-electron chi connectivity index (χ0n) is 13.3. The van der Waals surface area contributed by atoms with Crippen molar-refractivity contribution in [2.45, 2.75) is 12.5 Å². The second-order valence-electron chi connectivity index (χ2n) is 5.61. The van der Waals surface area contributed by atoms with Crippen LogP contribution in [-0.4, -0.2) is 12.5 Å². The van der Waals surface area contributed by atoms with E-state index in [0.717, 1.165) is 0 Å². The fourth-order valence-corrected chi connectivity index (χ4v) is 32.4. The molecule has 1 radical (unpaired) electrons. The van der Waals surface area contributed by atoms with E-state index in [1.165, 1.54) is 0 Å². The van der Waals surface area contributed by atoms with Crippen LogP contribution in [0.4, 0.5) is 0 Å². The predicted octanol–water partition coefficient (Wildman–Crippen LogP) is 16.4. The Kier molecular flexibility index (Phi) is 24.8. The monoisotopic (exact) mass is 2800 g/mol. The lowest BCUT2D eigenvalue weighted by Crippen LogP contribution is -2.69. The Hall–Kier alpha value is 15.3. The van der Waals surface area contributed by atoms with Crippen LogP contribution >= 0.6 is 474 Å². The number of alkyl halides is 21. The standard InChI is InChI=1S/C10I21O/c11-1(12,3(15,16)5(19,20)7(23,24)9(27,28)29)2(13,14)4(17,18)6(21,22)8(25,26)10(30,31)32. The maximum atomic E-state index is 13.3. The molecule has 0 N–H and O–H groups in total. The third-order valence-corrected chi connectivity index (χ3v) is 72.5. The van der Waals surface area contributed by atoms with Gasteiger partial charge in [-0.25, -0.2) is 5.11 Å². The normalized spacial score (nSPS) is 17.1. The predicted molar refractivity (Wildman–Crippen MR) is 322 cm³/mol. The summed E-state index contributed by atoms with van der Waals surface area (Å²) < 4.78 is -3.12. The van der Waals surface area contributed by atoms with Crippen molar-refractivity contribution in [3.05, 3.63) is 0 Å². The van der Waals surface area contributed by atoms with Crippen LogP contribution in [0.1, 0.15) is 0 Å². The van der Waals surface area contributed by atoms with Crippen LogP contribution in [0.25, 0.3) is 0 Å². The molecule has 0 bridgehead atoms. The van der Waals surface area contributed by atoms with E-state index in [9.17, 15) is 5.11 Å². The first-order chi connectivity index (χ1) is 13.2. The van der Waals surface area contributed by atoms with Gasteiger partial charge in [0.05, 0.1) is 0 Å². The highest BCUT2D eigenvalue weighted by molar-refractivity contribution is 14.3. The van der Waals surface area contributed by atoms with Gasteiger partial charge in [-0.2, -0.15) is 0 Å². The van der Waals surface area contributed by atoms with Crippen LogP contribution in [0, 0.1) is 0 Å². The van der Waals surface area contributed by atoms with Gasteiger partial charge in [0.2, 0.25) is 1.61 Å². The number of hydrogen-bond donors (Lipinski definition) is 0. The van der Waals surface area contributed by atoms with Crippen LogP contribution in [0.2, 0.25) is 0 Å². The molecule has 0 unspecified atom stereocenters. The molecule has 32 heavy (non-hydrogen) atoms. The van der Waals surface area contributed by atoms with Gasteiger partial charge in [0.1, 0.15) is 10.9 Å². The Balaban J connectivity index is 7.00. The molecule has 1 nitrogen and oxygen atoms in total. The summed E-state index contributed by atoms with van der Waals surface area (Å²) in [6.07, 6.45) is 0. The van der Waals surface area contributed by atoms with Crippen molar-refractivity contribution < 1.29 is 5.11 Å². The van der Waals surface area contributed by atoms with Crippen molar-refractivity contribution in [3.63, 3.8) is 0 Å². The van der Waals surface area contributed by atoms with E-state index in [2.05, 4.69) is 474 Å². The summed E-state index contributed by atoms with van der Waals surface area (Å²) in [6, 6.07) is 0. The van der Waals surface area contributed by atoms with Crippen molar-refractivity contribution >= 4 is 474 Å². The molecular formula is C10I21O. The number of halogens is 21. The van der Waals surface area contributed by atoms with Gasteiger partial charge >= 0.3 is 0 Å². The van der Waals surface area contributed by atoms with E-state index in [0.29, 0.717) is 0 Å². The molecule has 0 aliphatic heterocycles. The zero-order valence-corrected chi connectivity index (χ0v) is 58.7. The van der Waals surface area contributed by atoms with Crippen LogP contribution in [-0.2, 0) is 5.11 Å². The van der Waals surface area contributed by atoms with Gasteiger partial charge in [0.25, 0.3) is 0 Å². The third kappa shape index (κ3) is 9.58. The zero-order chi connectivity index (χ0) is 27.0. The molecule has 0 aromatic heterocycles. The summed E-state index contributed by atoms with van der Waals surface area (Å²) in [7, 11) is 0. The highest BCUT2D eigenvalue weighted by Crippen LogP contribution is 2.81. The minimum Gasteiger partial charge on any atom is -0.204 e. The molecule has 0 fully saturated rings. The molecule has 0 spiro atoms. The van der Waals surface area contributed by atoms with Crippen LogP contribution < -0.4 is 0 Å². The molecule has 0 amide bonds. The van der Waals surface area contributed by atoms with Crippen LogP contribution in [0.5, 0.6) is 0 Å². The SMILES string of the molecule is [O]C(I)(I)C(I)(I)C(I)(I)C(I)(I)C(I)(I)C(I)(I)C(I)(I)C(I)(I)C(I)(I)C(I)(I)I. The highest BCUT2D eigenvalue weighted by atomic mass is 127. The summed E-state index contributed by atoms with van der Waals surface area (Å²) in [6.45, 7) is 0. The summed E-state index contributed by atoms with van der Waals surface area (Å²) >= 11 is 53.8. The Morgan fingerprint density at radius 3 is 0.562 bits per heavy atom. The van der Waals surface area contributed by atoms with E-state index >= 15 is 0 Å². The van der Waals surface area contributed by atoms with Crippen LogP contribution in [0.15, 0.2) is 0 Å². The quantitative estimate of drug-likeness (QED) is 0.162. The molecule has 0 heterocycles. The molecule has 0 saturated carbocycles. The Bertz CT molecular complexity index is 632. The number of hydrogen-bond acceptors (Lipinski definition) is 0.